The molecule has 2 aromatic heterocycles. The number of nitrogens with zero attached hydrogens (tertiary/aromatic N) is 2. The van der Waals surface area contributed by atoms with Crippen molar-refractivity contribution in [1.29, 1.82) is 5.26 Å². The molecule has 0 aliphatic rings. The maximum Gasteiger partial charge on any atom is 0.251 e. The molecular weight excluding hydrogens is 434 g/mol. The molecule has 34 heavy (non-hydrogen) atoms. The Morgan fingerprint density at radius 3 is 2.47 bits per heavy atom. The Labute approximate surface area is 196 Å². The summed E-state index contributed by atoms with van der Waals surface area (Å²) in [6.45, 7) is 3.43. The Balaban J connectivity index is 0.00000103. The first-order valence-electron chi connectivity index (χ1n) is 10.3. The van der Waals surface area contributed by atoms with Crippen LogP contribution in [0.25, 0.3) is 11.0 Å². The van der Waals surface area contributed by atoms with E-state index in [0.29, 0.717) is 40.3 Å². The lowest BCUT2D eigenvalue weighted by Crippen LogP contribution is -2.23. The average Bonchev–Trinajstić information content (AvgIpc) is 2.86. The van der Waals surface area contributed by atoms with Crippen LogP contribution in [-0.2, 0) is 6.54 Å². The summed E-state index contributed by atoms with van der Waals surface area (Å²) in [4.78, 5) is 29.4. The normalized spacial score (nSPS) is 9.94. The van der Waals surface area contributed by atoms with Gasteiger partial charge >= 0.3 is 0 Å². The monoisotopic (exact) mass is 457 g/mol. The van der Waals surface area contributed by atoms with E-state index in [2.05, 4.69) is 10.3 Å². The van der Waals surface area contributed by atoms with Crippen molar-refractivity contribution in [3.8, 4) is 23.3 Å². The molecule has 0 spiro atoms. The van der Waals surface area contributed by atoms with Gasteiger partial charge in [-0.2, -0.15) is 5.26 Å². The van der Waals surface area contributed by atoms with Crippen LogP contribution in [0.2, 0.25) is 0 Å². The molecule has 0 radical (unpaired) electrons. The predicted molar refractivity (Wildman–Crippen MR) is 127 cm³/mol. The Morgan fingerprint density at radius 2 is 1.82 bits per heavy atom. The molecule has 172 valence electrons. The van der Waals surface area contributed by atoms with Gasteiger partial charge in [-0.3, -0.25) is 14.6 Å². The molecule has 1 N–H and O–H groups in total. The highest BCUT2D eigenvalue weighted by Gasteiger charge is 2.15. The summed E-state index contributed by atoms with van der Waals surface area (Å²) in [5.74, 6) is 1.24. The van der Waals surface area contributed by atoms with Crippen LogP contribution in [0, 0.1) is 18.3 Å². The van der Waals surface area contributed by atoms with E-state index in [4.69, 9.17) is 19.2 Å². The van der Waals surface area contributed by atoms with Gasteiger partial charge in [-0.25, -0.2) is 0 Å². The van der Waals surface area contributed by atoms with Gasteiger partial charge in [0.05, 0.1) is 30.8 Å². The van der Waals surface area contributed by atoms with Crippen LogP contribution in [0.1, 0.15) is 28.7 Å². The number of fused-ring (bicyclic) bond motifs is 1. The third-order valence-corrected chi connectivity index (χ3v) is 4.72. The van der Waals surface area contributed by atoms with E-state index >= 15 is 0 Å². The lowest BCUT2D eigenvalue weighted by molar-refractivity contribution is 0.0950. The number of hydrogen-bond donors (Lipinski definition) is 1. The predicted octanol–water partition coefficient (Wildman–Crippen LogP) is 4.76. The molecule has 1 amide bonds. The maximum atomic E-state index is 12.9. The van der Waals surface area contributed by atoms with E-state index in [1.54, 1.807) is 68.8 Å². The average molecular weight is 457 g/mol. The Kier molecular flexibility index (Phi) is 7.97. The van der Waals surface area contributed by atoms with Crippen molar-refractivity contribution in [1.82, 2.24) is 10.3 Å². The van der Waals surface area contributed by atoms with Crippen LogP contribution in [0.4, 0.5) is 0 Å². The summed E-state index contributed by atoms with van der Waals surface area (Å²) >= 11 is 0. The van der Waals surface area contributed by atoms with Crippen LogP contribution in [0.5, 0.6) is 17.2 Å². The minimum absolute atomic E-state index is 0.102. The summed E-state index contributed by atoms with van der Waals surface area (Å²) in [5, 5.41) is 10.5. The fourth-order valence-electron chi connectivity index (χ4n) is 3.08. The number of nitrogens with one attached hydrogen (secondary N) is 1. The number of benzene rings is 2. The Bertz CT molecular complexity index is 1370. The number of nitriles is 1. The molecule has 0 atom stereocenters. The van der Waals surface area contributed by atoms with Gasteiger partial charge in [0.15, 0.2) is 0 Å². The summed E-state index contributed by atoms with van der Waals surface area (Å²) in [6, 6.07) is 18.8. The quantitative estimate of drug-likeness (QED) is 0.444. The van der Waals surface area contributed by atoms with Gasteiger partial charge in [0, 0.05) is 24.8 Å². The minimum Gasteiger partial charge on any atom is -0.497 e. The first kappa shape index (κ1) is 24.0. The van der Waals surface area contributed by atoms with Crippen LogP contribution >= 0.6 is 0 Å². The summed E-state index contributed by atoms with van der Waals surface area (Å²) in [6.07, 6.45) is 1.68. The second kappa shape index (κ2) is 11.3. The number of aryl methyl sites for hydroxylation is 1. The van der Waals surface area contributed by atoms with E-state index in [1.807, 2.05) is 18.2 Å². The molecular formula is C26H23N3O5. The van der Waals surface area contributed by atoms with Crippen molar-refractivity contribution in [2.45, 2.75) is 20.4 Å². The highest BCUT2D eigenvalue weighted by atomic mass is 16.5. The van der Waals surface area contributed by atoms with Crippen molar-refractivity contribution < 1.29 is 18.7 Å². The molecule has 4 aromatic rings. The van der Waals surface area contributed by atoms with E-state index in [1.165, 1.54) is 6.92 Å². The maximum absolute atomic E-state index is 12.9. The van der Waals surface area contributed by atoms with Gasteiger partial charge in [0.2, 0.25) is 11.2 Å². The van der Waals surface area contributed by atoms with Crippen LogP contribution in [0.3, 0.4) is 0 Å². The fraction of sp³-hybridized carbons (Fsp3) is 0.154. The SMILES string of the molecule is CC#N.COc1ccc2c(=O)c(Oc3ccc(C(=O)NCc4ccccn4)cc3)c(C)oc2c1. The third-order valence-electron chi connectivity index (χ3n) is 4.72. The first-order valence-corrected chi connectivity index (χ1v) is 10.3. The standard InChI is InChI=1S/C24H20N2O5.C2H3N/c1-15-23(22(27)20-11-10-19(29-2)13-21(20)30-15)31-18-8-6-16(7-9-18)24(28)26-14-17-5-3-4-12-25-17;1-2-3/h3-13H,14H2,1-2H3,(H,26,28);1H3. The zero-order chi connectivity index (χ0) is 24.5. The smallest absolute Gasteiger partial charge is 0.251 e. The molecule has 8 heteroatoms. The molecule has 0 aliphatic heterocycles. The molecule has 0 unspecified atom stereocenters. The number of aromatic nitrogens is 1. The molecule has 2 heterocycles. The minimum atomic E-state index is -0.279. The third kappa shape index (κ3) is 5.78. The highest BCUT2D eigenvalue weighted by molar-refractivity contribution is 5.94. The van der Waals surface area contributed by atoms with Crippen molar-refractivity contribution >= 4 is 16.9 Å². The Morgan fingerprint density at radius 1 is 1.12 bits per heavy atom. The molecule has 0 fully saturated rings. The van der Waals surface area contributed by atoms with Crippen LogP contribution < -0.4 is 20.2 Å². The zero-order valence-electron chi connectivity index (χ0n) is 19.0. The van der Waals surface area contributed by atoms with Crippen molar-refractivity contribution in [2.75, 3.05) is 7.11 Å². The van der Waals surface area contributed by atoms with Crippen LogP contribution in [-0.4, -0.2) is 18.0 Å². The van der Waals surface area contributed by atoms with E-state index in [9.17, 15) is 9.59 Å². The van der Waals surface area contributed by atoms with Crippen molar-refractivity contribution in [3.05, 3.63) is 94.1 Å². The second-order valence-corrected chi connectivity index (χ2v) is 7.03. The lowest BCUT2D eigenvalue weighted by atomic mass is 10.2. The first-order chi connectivity index (χ1) is 16.5. The molecule has 4 rings (SSSR count). The van der Waals surface area contributed by atoms with Gasteiger partial charge < -0.3 is 19.2 Å². The summed E-state index contributed by atoms with van der Waals surface area (Å²) in [5.41, 5.74) is 1.39. The van der Waals surface area contributed by atoms with Crippen LogP contribution in [0.15, 0.2) is 76.1 Å². The second-order valence-electron chi connectivity index (χ2n) is 7.03. The molecule has 0 saturated carbocycles. The van der Waals surface area contributed by atoms with E-state index in [0.717, 1.165) is 5.69 Å². The largest absolute Gasteiger partial charge is 0.497 e. The molecule has 8 nitrogen and oxygen atoms in total. The van der Waals surface area contributed by atoms with Crippen molar-refractivity contribution in [3.63, 3.8) is 0 Å². The topological polar surface area (TPSA) is 114 Å². The number of pyridine rings is 1. The number of methoxy groups -OCH3 is 1. The number of ether oxygens (including phenoxy) is 2. The number of carbonyl (C=O) groups is 1. The highest BCUT2D eigenvalue weighted by Crippen LogP contribution is 2.27. The lowest BCUT2D eigenvalue weighted by Gasteiger charge is -2.10. The zero-order valence-corrected chi connectivity index (χ0v) is 19.0. The van der Waals surface area contributed by atoms with E-state index < -0.39 is 0 Å². The summed E-state index contributed by atoms with van der Waals surface area (Å²) < 4.78 is 16.7. The van der Waals surface area contributed by atoms with Gasteiger partial charge in [0.25, 0.3) is 5.91 Å². The van der Waals surface area contributed by atoms with Crippen molar-refractivity contribution in [2.24, 2.45) is 0 Å². The molecule has 2 aromatic carbocycles. The number of amides is 1. The number of carbonyl (C=O) groups excluding carboxylic acids is 1. The van der Waals surface area contributed by atoms with Gasteiger partial charge in [-0.1, -0.05) is 6.07 Å². The molecule has 0 bridgehead atoms. The summed E-state index contributed by atoms with van der Waals surface area (Å²) in [7, 11) is 1.55. The number of hydrogen-bond acceptors (Lipinski definition) is 7. The molecule has 0 aliphatic carbocycles. The van der Waals surface area contributed by atoms with Gasteiger partial charge in [-0.05, 0) is 55.5 Å². The van der Waals surface area contributed by atoms with Gasteiger partial charge in [0.1, 0.15) is 22.8 Å². The number of rotatable bonds is 6. The Hall–Kier alpha value is -4.64. The molecule has 0 saturated heterocycles. The fourth-order valence-corrected chi connectivity index (χ4v) is 3.08. The van der Waals surface area contributed by atoms with Gasteiger partial charge in [-0.15, -0.1) is 0 Å². The van der Waals surface area contributed by atoms with E-state index in [-0.39, 0.29) is 17.1 Å².